The van der Waals surface area contributed by atoms with Gasteiger partial charge in [-0.25, -0.2) is 0 Å². The van der Waals surface area contributed by atoms with E-state index in [1.165, 1.54) is 6.42 Å². The van der Waals surface area contributed by atoms with E-state index in [2.05, 4.69) is 4.90 Å². The second-order valence-electron chi connectivity index (χ2n) is 3.06. The van der Waals surface area contributed by atoms with Gasteiger partial charge in [0.15, 0.2) is 0 Å². The number of rotatable bonds is 2. The van der Waals surface area contributed by atoms with Gasteiger partial charge in [-0.3, -0.25) is 4.90 Å². The first-order valence-electron chi connectivity index (χ1n) is 3.59. The van der Waals surface area contributed by atoms with Crippen molar-refractivity contribution in [3.63, 3.8) is 0 Å². The lowest BCUT2D eigenvalue weighted by atomic mass is 10.1. The highest BCUT2D eigenvalue weighted by atomic mass is 16.1. The number of aldehydes is 1. The van der Waals surface area contributed by atoms with Gasteiger partial charge in [-0.1, -0.05) is 0 Å². The van der Waals surface area contributed by atoms with Gasteiger partial charge in [-0.05, 0) is 19.3 Å². The first kappa shape index (κ1) is 5.42. The summed E-state index contributed by atoms with van der Waals surface area (Å²) in [5.74, 6) is 0. The first-order chi connectivity index (χ1) is 4.37. The molecule has 50 valence electrons. The van der Waals surface area contributed by atoms with Crippen molar-refractivity contribution >= 4 is 6.29 Å². The molecule has 0 aromatic carbocycles. The van der Waals surface area contributed by atoms with Gasteiger partial charge in [0, 0.05) is 13.1 Å². The third kappa shape index (κ3) is 0.628. The van der Waals surface area contributed by atoms with Crippen LogP contribution in [0.4, 0.5) is 0 Å². The molecule has 0 N–H and O–H groups in total. The average Bonchev–Trinajstić information content (AvgIpc) is 2.44. The molecule has 9 heavy (non-hydrogen) atoms. The van der Waals surface area contributed by atoms with Crippen molar-refractivity contribution in [3.8, 4) is 0 Å². The zero-order chi connectivity index (χ0) is 6.32. The molecule has 0 aromatic rings. The Morgan fingerprint density at radius 2 is 2.00 bits per heavy atom. The van der Waals surface area contributed by atoms with Crippen molar-refractivity contribution in [2.24, 2.45) is 0 Å². The molecule has 0 radical (unpaired) electrons. The SMILES string of the molecule is O=CC1(N2CCC2)CC1. The van der Waals surface area contributed by atoms with Gasteiger partial charge in [-0.2, -0.15) is 0 Å². The maximum absolute atomic E-state index is 10.5. The Morgan fingerprint density at radius 3 is 2.11 bits per heavy atom. The average molecular weight is 125 g/mol. The van der Waals surface area contributed by atoms with Gasteiger partial charge in [0.25, 0.3) is 0 Å². The molecule has 2 heteroatoms. The maximum atomic E-state index is 10.5. The Labute approximate surface area is 54.8 Å². The van der Waals surface area contributed by atoms with E-state index in [4.69, 9.17) is 0 Å². The summed E-state index contributed by atoms with van der Waals surface area (Å²) in [6.45, 7) is 2.30. The van der Waals surface area contributed by atoms with Gasteiger partial charge < -0.3 is 4.79 Å². The predicted octanol–water partition coefficient (Wildman–Crippen LogP) is 0.424. The lowest BCUT2D eigenvalue weighted by Crippen LogP contribution is -2.47. The fraction of sp³-hybridized carbons (Fsp3) is 0.857. The van der Waals surface area contributed by atoms with Crippen LogP contribution in [0.1, 0.15) is 19.3 Å². The van der Waals surface area contributed by atoms with Crippen molar-refractivity contribution < 1.29 is 4.79 Å². The van der Waals surface area contributed by atoms with Crippen LogP contribution in [0.3, 0.4) is 0 Å². The van der Waals surface area contributed by atoms with Gasteiger partial charge in [0.2, 0.25) is 0 Å². The summed E-state index contributed by atoms with van der Waals surface area (Å²) in [4.78, 5) is 12.8. The molecule has 2 rings (SSSR count). The molecule has 0 amide bonds. The summed E-state index contributed by atoms with van der Waals surface area (Å²) >= 11 is 0. The molecule has 0 unspecified atom stereocenters. The minimum absolute atomic E-state index is 0.0399. The molecule has 0 aromatic heterocycles. The molecular weight excluding hydrogens is 114 g/mol. The lowest BCUT2D eigenvalue weighted by Gasteiger charge is -2.35. The molecule has 1 heterocycles. The van der Waals surface area contributed by atoms with Crippen LogP contribution in [-0.4, -0.2) is 29.8 Å². The van der Waals surface area contributed by atoms with Crippen LogP contribution >= 0.6 is 0 Å². The monoisotopic (exact) mass is 125 g/mol. The van der Waals surface area contributed by atoms with Crippen LogP contribution in [-0.2, 0) is 4.79 Å². The summed E-state index contributed by atoms with van der Waals surface area (Å²) in [5, 5.41) is 0. The maximum Gasteiger partial charge on any atom is 0.140 e. The van der Waals surface area contributed by atoms with E-state index < -0.39 is 0 Å². The van der Waals surface area contributed by atoms with E-state index in [-0.39, 0.29) is 5.54 Å². The van der Waals surface area contributed by atoms with E-state index in [0.717, 1.165) is 32.2 Å². The molecule has 0 bridgehead atoms. The van der Waals surface area contributed by atoms with Crippen LogP contribution in [0.25, 0.3) is 0 Å². The second kappa shape index (κ2) is 1.57. The molecule has 2 nitrogen and oxygen atoms in total. The van der Waals surface area contributed by atoms with Crippen LogP contribution in [0.15, 0.2) is 0 Å². The predicted molar refractivity (Wildman–Crippen MR) is 34.2 cm³/mol. The lowest BCUT2D eigenvalue weighted by molar-refractivity contribution is -0.115. The molecule has 0 atom stereocenters. The highest BCUT2D eigenvalue weighted by Crippen LogP contribution is 2.41. The summed E-state index contributed by atoms with van der Waals surface area (Å²) < 4.78 is 0. The molecule has 1 saturated carbocycles. The number of hydrogen-bond acceptors (Lipinski definition) is 2. The second-order valence-corrected chi connectivity index (χ2v) is 3.06. The first-order valence-corrected chi connectivity index (χ1v) is 3.59. The minimum atomic E-state index is 0.0399. The number of likely N-dealkylation sites (tertiary alicyclic amines) is 1. The van der Waals surface area contributed by atoms with Crippen molar-refractivity contribution in [1.29, 1.82) is 0 Å². The molecule has 1 aliphatic carbocycles. The third-order valence-electron chi connectivity index (χ3n) is 2.47. The van der Waals surface area contributed by atoms with Crippen molar-refractivity contribution in [2.45, 2.75) is 24.8 Å². The van der Waals surface area contributed by atoms with Crippen LogP contribution in [0.5, 0.6) is 0 Å². The summed E-state index contributed by atoms with van der Waals surface area (Å²) in [6.07, 6.45) is 4.63. The summed E-state index contributed by atoms with van der Waals surface area (Å²) in [5.41, 5.74) is 0.0399. The minimum Gasteiger partial charge on any atom is -0.301 e. The Bertz CT molecular complexity index is 136. The fourth-order valence-corrected chi connectivity index (χ4v) is 1.40. The van der Waals surface area contributed by atoms with E-state index >= 15 is 0 Å². The zero-order valence-corrected chi connectivity index (χ0v) is 5.47. The standard InChI is InChI=1S/C7H11NO/c9-6-7(2-3-7)8-4-1-5-8/h6H,1-5H2. The zero-order valence-electron chi connectivity index (χ0n) is 5.47. The normalized spacial score (nSPS) is 31.1. The van der Waals surface area contributed by atoms with Gasteiger partial charge in [0.05, 0.1) is 5.54 Å². The highest BCUT2D eigenvalue weighted by molar-refractivity contribution is 5.69. The number of carbonyl (C=O) groups is 1. The number of nitrogens with zero attached hydrogens (tertiary/aromatic N) is 1. The fourth-order valence-electron chi connectivity index (χ4n) is 1.40. The number of hydrogen-bond donors (Lipinski definition) is 0. The Kier molecular flexibility index (Phi) is 0.943. The van der Waals surface area contributed by atoms with Gasteiger partial charge >= 0.3 is 0 Å². The van der Waals surface area contributed by atoms with Crippen molar-refractivity contribution in [1.82, 2.24) is 4.90 Å². The largest absolute Gasteiger partial charge is 0.301 e. The Morgan fingerprint density at radius 1 is 1.33 bits per heavy atom. The van der Waals surface area contributed by atoms with E-state index in [0.29, 0.717) is 0 Å². The smallest absolute Gasteiger partial charge is 0.140 e. The quantitative estimate of drug-likeness (QED) is 0.499. The molecule has 0 spiro atoms. The van der Waals surface area contributed by atoms with Crippen LogP contribution < -0.4 is 0 Å². The molecule has 1 saturated heterocycles. The van der Waals surface area contributed by atoms with Crippen LogP contribution in [0, 0.1) is 0 Å². The third-order valence-corrected chi connectivity index (χ3v) is 2.47. The topological polar surface area (TPSA) is 20.3 Å². The van der Waals surface area contributed by atoms with Crippen molar-refractivity contribution in [3.05, 3.63) is 0 Å². The van der Waals surface area contributed by atoms with E-state index in [9.17, 15) is 4.79 Å². The van der Waals surface area contributed by atoms with Crippen LogP contribution in [0.2, 0.25) is 0 Å². The van der Waals surface area contributed by atoms with E-state index in [1.807, 2.05) is 0 Å². The highest BCUT2D eigenvalue weighted by Gasteiger charge is 2.49. The van der Waals surface area contributed by atoms with E-state index in [1.54, 1.807) is 0 Å². The van der Waals surface area contributed by atoms with Gasteiger partial charge in [-0.15, -0.1) is 0 Å². The number of carbonyl (C=O) groups excluding carboxylic acids is 1. The summed E-state index contributed by atoms with van der Waals surface area (Å²) in [6, 6.07) is 0. The van der Waals surface area contributed by atoms with Crippen molar-refractivity contribution in [2.75, 3.05) is 13.1 Å². The Hall–Kier alpha value is -0.370. The molecule has 1 aliphatic heterocycles. The molecular formula is C7H11NO. The molecule has 2 aliphatic rings. The Balaban J connectivity index is 2.02. The summed E-state index contributed by atoms with van der Waals surface area (Å²) in [7, 11) is 0. The molecule has 2 fully saturated rings. The van der Waals surface area contributed by atoms with Gasteiger partial charge in [0.1, 0.15) is 6.29 Å².